The number of carbonyl (C=O) groups excluding carboxylic acids is 1. The van der Waals surface area contributed by atoms with E-state index >= 15 is 0 Å². The number of rotatable bonds is 21. The Morgan fingerprint density at radius 3 is 1.68 bits per heavy atom. The molecule has 19 rings (SSSR count). The van der Waals surface area contributed by atoms with Crippen LogP contribution in [0.3, 0.4) is 0 Å². The van der Waals surface area contributed by atoms with E-state index in [1.807, 2.05) is 6.07 Å². The van der Waals surface area contributed by atoms with Crippen LogP contribution in [0.5, 0.6) is 0 Å². The van der Waals surface area contributed by atoms with E-state index in [-0.39, 0.29) is 61.6 Å². The average Bonchev–Trinajstić information content (AvgIpc) is 1.65. The van der Waals surface area contributed by atoms with Gasteiger partial charge in [-0.25, -0.2) is 19.9 Å². The van der Waals surface area contributed by atoms with Crippen LogP contribution in [0.4, 0.5) is 38.0 Å². The zero-order valence-electron chi connectivity index (χ0n) is 53.5. The molecule has 95 heavy (non-hydrogen) atoms. The lowest BCUT2D eigenvalue weighted by Crippen LogP contribution is -2.76. The molecule has 2 atom stereocenters. The average molecular weight is 1330 g/mol. The molecule has 2 unspecified atom stereocenters. The molecule has 24 heteroatoms. The zero-order chi connectivity index (χ0) is 65.1. The number of nitrogens with zero attached hydrogens (tertiary/aromatic N) is 12. The van der Waals surface area contributed by atoms with E-state index in [9.17, 15) is 41.7 Å². The first-order chi connectivity index (χ1) is 45.6. The first-order valence-electron chi connectivity index (χ1n) is 34.1. The smallest absolute Gasteiger partial charge is 0.367 e. The maximum Gasteiger partial charge on any atom is 0.393 e. The SMILES string of the molecule is Cc1c(CN2CCC(Nc3nc(C4CC4N(C4CC4)C45CC(Cn6c(C#N)cc7c(C)c(CN8CCC(Nc9ncnc%10sc(CC(F)(F)F)cc9%10)CC8)ccc76)(C4)C5)nc4sc(CC(F)(F)F)cc34)CC2)ccc2c1cc(C#N)n2CC12CC(NC(=O)CN3CCC3)(C1)C2. The van der Waals surface area contributed by atoms with Crippen LogP contribution in [0.15, 0.2) is 54.9 Å². The van der Waals surface area contributed by atoms with Crippen LogP contribution in [-0.2, 0) is 43.8 Å². The number of nitriles is 2. The van der Waals surface area contributed by atoms with E-state index in [0.29, 0.717) is 56.0 Å². The van der Waals surface area contributed by atoms with E-state index in [1.165, 1.54) is 28.6 Å². The van der Waals surface area contributed by atoms with Crippen molar-refractivity contribution in [2.24, 2.45) is 10.8 Å². The van der Waals surface area contributed by atoms with Crippen molar-refractivity contribution in [2.45, 2.75) is 196 Å². The van der Waals surface area contributed by atoms with Gasteiger partial charge in [0.15, 0.2) is 0 Å². The number of nitrogens with one attached hydrogen (secondary N) is 3. The molecule has 6 aromatic heterocycles. The number of thiophene rings is 2. The Hall–Kier alpha value is -6.93. The fraction of sp³-hybridized carbons (Fsp3) is 0.563. The second-order valence-corrected chi connectivity index (χ2v) is 32.5. The molecule has 3 N–H and O–H groups in total. The summed E-state index contributed by atoms with van der Waals surface area (Å²) in [5.41, 5.74) is 8.53. The monoisotopic (exact) mass is 1330 g/mol. The largest absolute Gasteiger partial charge is 0.393 e. The van der Waals surface area contributed by atoms with E-state index in [4.69, 9.17) is 9.97 Å². The summed E-state index contributed by atoms with van der Waals surface area (Å²) in [5, 5.41) is 35.0. The number of benzene rings is 2. The van der Waals surface area contributed by atoms with Gasteiger partial charge in [0.2, 0.25) is 5.91 Å². The Morgan fingerprint density at radius 1 is 0.642 bits per heavy atom. The number of carbonyl (C=O) groups is 1. The maximum atomic E-state index is 14.0. The van der Waals surface area contributed by atoms with Crippen LogP contribution < -0.4 is 16.0 Å². The molecule has 4 bridgehead atoms. The number of hydrogen-bond donors (Lipinski definition) is 3. The summed E-state index contributed by atoms with van der Waals surface area (Å²) >= 11 is 2.19. The van der Waals surface area contributed by atoms with Crippen molar-refractivity contribution < 1.29 is 31.1 Å². The number of piperidine rings is 2. The Labute approximate surface area is 555 Å². The quantitative estimate of drug-likeness (QED) is 0.0580. The van der Waals surface area contributed by atoms with Gasteiger partial charge in [0, 0.05) is 125 Å². The summed E-state index contributed by atoms with van der Waals surface area (Å²) in [4.78, 5) is 43.3. The minimum absolute atomic E-state index is 0.0803. The second kappa shape index (κ2) is 22.6. The highest BCUT2D eigenvalue weighted by molar-refractivity contribution is 7.19. The van der Waals surface area contributed by atoms with Crippen LogP contribution in [0.25, 0.3) is 42.2 Å². The Kier molecular flexibility index (Phi) is 14.6. The molecule has 11 aliphatic rings. The fourth-order valence-electron chi connectivity index (χ4n) is 18.7. The molecule has 8 saturated carbocycles. The molecule has 16 nitrogen and oxygen atoms in total. The third-order valence-electron chi connectivity index (χ3n) is 23.3. The first-order valence-corrected chi connectivity index (χ1v) is 35.7. The van der Waals surface area contributed by atoms with Crippen molar-refractivity contribution in [1.29, 1.82) is 10.5 Å². The summed E-state index contributed by atoms with van der Waals surface area (Å²) in [6.45, 7) is 13.3. The van der Waals surface area contributed by atoms with Gasteiger partial charge < -0.3 is 25.1 Å². The first kappa shape index (κ1) is 61.6. The van der Waals surface area contributed by atoms with Crippen LogP contribution in [0.1, 0.15) is 145 Å². The molecular weight excluding hydrogens is 1260 g/mol. The van der Waals surface area contributed by atoms with E-state index in [0.717, 1.165) is 206 Å². The molecule has 11 fully saturated rings. The van der Waals surface area contributed by atoms with Gasteiger partial charge in [-0.15, -0.1) is 22.7 Å². The summed E-state index contributed by atoms with van der Waals surface area (Å²) in [5.74, 6) is 2.16. The zero-order valence-corrected chi connectivity index (χ0v) is 55.2. The van der Waals surface area contributed by atoms with E-state index < -0.39 is 25.2 Å². The number of alkyl halides is 6. The molecule has 496 valence electrons. The summed E-state index contributed by atoms with van der Waals surface area (Å²) in [6, 6.07) is 22.1. The summed E-state index contributed by atoms with van der Waals surface area (Å²) < 4.78 is 85.9. The van der Waals surface area contributed by atoms with Gasteiger partial charge in [0.05, 0.1) is 30.2 Å². The molecule has 9 heterocycles. The van der Waals surface area contributed by atoms with Crippen molar-refractivity contribution in [3.05, 3.63) is 104 Å². The van der Waals surface area contributed by atoms with Crippen LogP contribution >= 0.6 is 22.7 Å². The number of amides is 1. The molecule has 1 amide bonds. The lowest BCUT2D eigenvalue weighted by atomic mass is 9.38. The van der Waals surface area contributed by atoms with Crippen molar-refractivity contribution in [1.82, 2.24) is 54.0 Å². The number of likely N-dealkylation sites (tertiary alicyclic amines) is 3. The van der Waals surface area contributed by atoms with Gasteiger partial charge >= 0.3 is 12.4 Å². The molecule has 8 aliphatic carbocycles. The molecule has 3 saturated heterocycles. The summed E-state index contributed by atoms with van der Waals surface area (Å²) in [7, 11) is 0. The normalized spacial score (nSPS) is 27.1. The van der Waals surface area contributed by atoms with Gasteiger partial charge in [-0.1, -0.05) is 12.1 Å². The van der Waals surface area contributed by atoms with Gasteiger partial charge in [-0.2, -0.15) is 36.9 Å². The van der Waals surface area contributed by atoms with Crippen molar-refractivity contribution in [2.75, 3.05) is 56.4 Å². The second-order valence-electron chi connectivity index (χ2n) is 30.3. The summed E-state index contributed by atoms with van der Waals surface area (Å²) in [6.07, 6.45) is 4.62. The van der Waals surface area contributed by atoms with Gasteiger partial charge in [-0.05, 0) is 186 Å². The van der Waals surface area contributed by atoms with Crippen LogP contribution in [-0.4, -0.2) is 148 Å². The fourth-order valence-corrected chi connectivity index (χ4v) is 20.8. The minimum atomic E-state index is -4.35. The highest BCUT2D eigenvalue weighted by atomic mass is 32.1. The number of anilines is 2. The molecule has 3 aliphatic heterocycles. The highest BCUT2D eigenvalue weighted by Gasteiger charge is 2.74. The van der Waals surface area contributed by atoms with Crippen LogP contribution in [0, 0.1) is 47.3 Å². The molecule has 0 radical (unpaired) electrons. The highest BCUT2D eigenvalue weighted by Crippen LogP contribution is 2.74. The number of aryl methyl sites for hydroxylation is 2. The van der Waals surface area contributed by atoms with Gasteiger partial charge in [-0.3, -0.25) is 24.4 Å². The van der Waals surface area contributed by atoms with E-state index in [2.05, 4.69) is 111 Å². The van der Waals surface area contributed by atoms with Crippen molar-refractivity contribution in [3.63, 3.8) is 0 Å². The predicted octanol–water partition coefficient (Wildman–Crippen LogP) is 13.0. The van der Waals surface area contributed by atoms with E-state index in [1.54, 1.807) is 12.1 Å². The number of hydrogen-bond acceptors (Lipinski definition) is 15. The molecule has 0 spiro atoms. The lowest BCUT2D eigenvalue weighted by molar-refractivity contribution is -0.232. The standard InChI is InChI=1S/C71H77F6N15OS2/c1-41-43(4-8-57-52(41)20-48(27-78)90(57)38-66-32-68(33-66,34-66)86-60(93)31-87-14-3-15-87)30-89-18-12-46(13-19-89)83-63-56-23-51(26-71(75,76)77)95-65(56)85-62(84-63)54-24-59(54)92(47-6-7-47)69-35-67(36-69,37-69)39-91-49(28-79)21-53-42(2)44(5-9-58(53)91)29-88-16-10-45(11-17-88)82-61-55-22-50(25-70(72,73)74)94-64(55)81-40-80-61/h4-5,8-9,20-23,40,45-47,54,59H,3,6-7,10-19,24-26,29-39H2,1-2H3,(H,86,93)(H,80,81,82)(H,83,84,85). The van der Waals surface area contributed by atoms with Gasteiger partial charge in [0.25, 0.3) is 0 Å². The molecule has 2 aromatic carbocycles. The number of fused-ring (bicyclic) bond motifs is 4. The van der Waals surface area contributed by atoms with Crippen molar-refractivity contribution in [3.8, 4) is 12.1 Å². The third kappa shape index (κ3) is 11.4. The Morgan fingerprint density at radius 2 is 1.17 bits per heavy atom. The van der Waals surface area contributed by atoms with Crippen molar-refractivity contribution >= 4 is 82.5 Å². The number of aromatic nitrogens is 6. The minimum Gasteiger partial charge on any atom is -0.367 e. The Balaban J connectivity index is 0.526. The maximum absolute atomic E-state index is 14.0. The lowest BCUT2D eigenvalue weighted by Gasteiger charge is -2.75. The predicted molar refractivity (Wildman–Crippen MR) is 354 cm³/mol. The van der Waals surface area contributed by atoms with Crippen LogP contribution in [0.2, 0.25) is 0 Å². The number of halogens is 6. The third-order valence-corrected chi connectivity index (χ3v) is 25.4. The molecule has 8 aromatic rings. The topological polar surface area (TPSA) is 175 Å². The molecular formula is C71H77F6N15OS2. The Bertz CT molecular complexity index is 4450. The van der Waals surface area contributed by atoms with Gasteiger partial charge in [0.1, 0.15) is 57.0 Å².